The second kappa shape index (κ2) is 13.5. The molecule has 1 aliphatic rings. The predicted molar refractivity (Wildman–Crippen MR) is 153 cm³/mol. The first-order valence-electron chi connectivity index (χ1n) is 12.8. The minimum Gasteiger partial charge on any atom is -0.367 e. The van der Waals surface area contributed by atoms with Crippen LogP contribution in [-0.2, 0) is 4.79 Å². The third kappa shape index (κ3) is 7.72. The topological polar surface area (TPSA) is 126 Å². The van der Waals surface area contributed by atoms with Crippen LogP contribution in [-0.4, -0.2) is 79.2 Å². The van der Waals surface area contributed by atoms with Gasteiger partial charge in [-0.25, -0.2) is 9.97 Å². The van der Waals surface area contributed by atoms with Gasteiger partial charge >= 0.3 is 0 Å². The van der Waals surface area contributed by atoms with Crippen molar-refractivity contribution in [3.8, 4) is 11.3 Å². The van der Waals surface area contributed by atoms with Gasteiger partial charge in [-0.05, 0) is 59.0 Å². The van der Waals surface area contributed by atoms with Gasteiger partial charge < -0.3 is 31.2 Å². The van der Waals surface area contributed by atoms with Crippen molar-refractivity contribution in [2.45, 2.75) is 33.7 Å². The number of pyridine rings is 2. The maximum Gasteiger partial charge on any atom is 0.252 e. The number of allylic oxidation sites excluding steroid dienone is 3. The van der Waals surface area contributed by atoms with Crippen LogP contribution in [0.5, 0.6) is 0 Å². The highest BCUT2D eigenvalue weighted by Gasteiger charge is 2.20. The van der Waals surface area contributed by atoms with E-state index < -0.39 is 0 Å². The van der Waals surface area contributed by atoms with Gasteiger partial charge in [-0.2, -0.15) is 0 Å². The molecule has 3 heterocycles. The first-order chi connectivity index (χ1) is 18.2. The number of likely N-dealkylation sites (N-methyl/N-ethyl adjacent to an activating group) is 1. The quantitative estimate of drug-likeness (QED) is 0.205. The molecule has 1 saturated heterocycles. The van der Waals surface area contributed by atoms with Gasteiger partial charge in [-0.3, -0.25) is 9.59 Å². The molecule has 2 aromatic heterocycles. The Bertz CT molecular complexity index is 1200. The number of hydrogen-bond acceptors (Lipinski definition) is 8. The second-order valence-corrected chi connectivity index (χ2v) is 9.76. The Morgan fingerprint density at radius 3 is 2.50 bits per heavy atom. The fourth-order valence-corrected chi connectivity index (χ4v) is 3.96. The standard InChI is InChI=1S/C28H38N8O2/c1-19(2)33-27-24(15-29)23(28(38)31-16-20(3)6-7-21(4)32-18-37)14-25(34-27)22-8-9-26(30-17-22)36-12-10-35(5)11-13-36/h6-9,14-15,17-19,29H,10-13,16H2,1-5H3,(H,31,38)(H,32,37)(H,33,34)/b20-6+,21-7-,29-15?. The second-order valence-electron chi connectivity index (χ2n) is 9.76. The van der Waals surface area contributed by atoms with Gasteiger partial charge in [0.15, 0.2) is 0 Å². The summed E-state index contributed by atoms with van der Waals surface area (Å²) in [6, 6.07) is 5.74. The first kappa shape index (κ1) is 28.5. The lowest BCUT2D eigenvalue weighted by Gasteiger charge is -2.33. The zero-order valence-corrected chi connectivity index (χ0v) is 22.8. The average molecular weight is 519 g/mol. The molecule has 0 radical (unpaired) electrons. The van der Waals surface area contributed by atoms with Crippen molar-refractivity contribution < 1.29 is 9.59 Å². The SMILES string of the molecule is C/C(=C/C=C(\C)CNC(=O)c1cc(-c2ccc(N3CCN(C)CC3)nc2)nc(NC(C)C)c1C=N)NC=O. The summed E-state index contributed by atoms with van der Waals surface area (Å²) in [7, 11) is 2.12. The first-order valence-corrected chi connectivity index (χ1v) is 12.8. The minimum absolute atomic E-state index is 0.0604. The number of nitrogens with one attached hydrogen (secondary N) is 4. The number of piperazine rings is 1. The number of aromatic nitrogens is 2. The lowest BCUT2D eigenvalue weighted by Crippen LogP contribution is -2.44. The molecule has 2 aromatic rings. The monoisotopic (exact) mass is 518 g/mol. The van der Waals surface area contributed by atoms with Gasteiger partial charge in [-0.1, -0.05) is 11.6 Å². The van der Waals surface area contributed by atoms with E-state index in [1.807, 2.05) is 39.0 Å². The van der Waals surface area contributed by atoms with E-state index in [4.69, 9.17) is 10.4 Å². The molecule has 2 amide bonds. The van der Waals surface area contributed by atoms with Crippen LogP contribution in [0.3, 0.4) is 0 Å². The van der Waals surface area contributed by atoms with Crippen molar-refractivity contribution in [2.24, 2.45) is 0 Å². The van der Waals surface area contributed by atoms with Crippen LogP contribution in [0.25, 0.3) is 11.3 Å². The fraction of sp³-hybridized carbons (Fsp3) is 0.393. The summed E-state index contributed by atoms with van der Waals surface area (Å²) in [6.45, 7) is 11.8. The zero-order chi connectivity index (χ0) is 27.7. The molecule has 0 spiro atoms. The number of nitrogens with zero attached hydrogens (tertiary/aromatic N) is 4. The van der Waals surface area contributed by atoms with Gasteiger partial charge in [0.25, 0.3) is 5.91 Å². The molecular formula is C28H38N8O2. The van der Waals surface area contributed by atoms with Crippen molar-refractivity contribution in [2.75, 3.05) is 50.0 Å². The van der Waals surface area contributed by atoms with Crippen LogP contribution >= 0.6 is 0 Å². The van der Waals surface area contributed by atoms with Crippen LogP contribution in [0.1, 0.15) is 43.6 Å². The largest absolute Gasteiger partial charge is 0.367 e. The molecule has 10 heteroatoms. The van der Waals surface area contributed by atoms with Gasteiger partial charge in [0.1, 0.15) is 11.6 Å². The molecular weight excluding hydrogens is 480 g/mol. The number of carbonyl (C=O) groups excluding carboxylic acids is 2. The van der Waals surface area contributed by atoms with E-state index in [1.165, 1.54) is 0 Å². The van der Waals surface area contributed by atoms with Gasteiger partial charge in [0.2, 0.25) is 6.41 Å². The Balaban J connectivity index is 1.88. The van der Waals surface area contributed by atoms with Crippen LogP contribution in [0.15, 0.2) is 47.8 Å². The Morgan fingerprint density at radius 2 is 1.89 bits per heavy atom. The van der Waals surface area contributed by atoms with E-state index >= 15 is 0 Å². The van der Waals surface area contributed by atoms with Crippen molar-refractivity contribution in [3.63, 3.8) is 0 Å². The highest BCUT2D eigenvalue weighted by atomic mass is 16.1. The van der Waals surface area contributed by atoms with Gasteiger partial charge in [0, 0.05) is 68.0 Å². The van der Waals surface area contributed by atoms with Crippen molar-refractivity contribution in [1.82, 2.24) is 25.5 Å². The molecule has 4 N–H and O–H groups in total. The molecule has 0 bridgehead atoms. The third-order valence-electron chi connectivity index (χ3n) is 6.18. The minimum atomic E-state index is -0.305. The van der Waals surface area contributed by atoms with Crippen molar-refractivity contribution >= 4 is 30.2 Å². The van der Waals surface area contributed by atoms with E-state index in [0.29, 0.717) is 41.3 Å². The molecule has 10 nitrogen and oxygen atoms in total. The summed E-state index contributed by atoms with van der Waals surface area (Å²) >= 11 is 0. The summed E-state index contributed by atoms with van der Waals surface area (Å²) < 4.78 is 0. The van der Waals surface area contributed by atoms with Gasteiger partial charge in [-0.15, -0.1) is 0 Å². The number of carbonyl (C=O) groups is 2. The fourth-order valence-electron chi connectivity index (χ4n) is 3.96. The lowest BCUT2D eigenvalue weighted by atomic mass is 10.0. The predicted octanol–water partition coefficient (Wildman–Crippen LogP) is 3.04. The molecule has 0 saturated carbocycles. The smallest absolute Gasteiger partial charge is 0.252 e. The van der Waals surface area contributed by atoms with Crippen molar-refractivity contribution in [3.05, 3.63) is 58.9 Å². The molecule has 1 aliphatic heterocycles. The Kier molecular flexibility index (Phi) is 10.1. The summed E-state index contributed by atoms with van der Waals surface area (Å²) in [6.07, 6.45) is 7.17. The lowest BCUT2D eigenvalue weighted by molar-refractivity contribution is -0.108. The normalized spacial score (nSPS) is 14.8. The van der Waals surface area contributed by atoms with Crippen molar-refractivity contribution in [1.29, 1.82) is 5.41 Å². The molecule has 38 heavy (non-hydrogen) atoms. The summed E-state index contributed by atoms with van der Waals surface area (Å²) in [5.41, 5.74) is 3.78. The summed E-state index contributed by atoms with van der Waals surface area (Å²) in [5.74, 6) is 1.10. The van der Waals surface area contributed by atoms with E-state index in [9.17, 15) is 9.59 Å². The summed E-state index contributed by atoms with van der Waals surface area (Å²) in [4.78, 5) is 37.8. The summed E-state index contributed by atoms with van der Waals surface area (Å²) in [5, 5.41) is 16.8. The number of anilines is 2. The third-order valence-corrected chi connectivity index (χ3v) is 6.18. The number of rotatable bonds is 11. The Morgan fingerprint density at radius 1 is 1.16 bits per heavy atom. The van der Waals surface area contributed by atoms with Crippen LogP contribution < -0.4 is 20.9 Å². The molecule has 0 aliphatic carbocycles. The van der Waals surface area contributed by atoms with Crippen LogP contribution in [0.2, 0.25) is 0 Å². The van der Waals surface area contributed by atoms with E-state index in [0.717, 1.165) is 49.3 Å². The molecule has 1 fully saturated rings. The Hall–Kier alpha value is -4.05. The van der Waals surface area contributed by atoms with E-state index in [2.05, 4.69) is 37.8 Å². The maximum atomic E-state index is 13.3. The molecule has 202 valence electrons. The molecule has 0 aromatic carbocycles. The van der Waals surface area contributed by atoms with Crippen LogP contribution in [0, 0.1) is 5.41 Å². The highest BCUT2D eigenvalue weighted by Crippen LogP contribution is 2.26. The van der Waals surface area contributed by atoms with E-state index in [-0.39, 0.29) is 11.9 Å². The number of hydrogen-bond donors (Lipinski definition) is 4. The molecule has 3 rings (SSSR count). The highest BCUT2D eigenvalue weighted by molar-refractivity contribution is 6.05. The van der Waals surface area contributed by atoms with Gasteiger partial charge in [0.05, 0.1) is 11.3 Å². The maximum absolute atomic E-state index is 13.3. The number of amides is 2. The zero-order valence-electron chi connectivity index (χ0n) is 22.8. The average Bonchev–Trinajstić information content (AvgIpc) is 2.90. The molecule has 0 atom stereocenters. The van der Waals surface area contributed by atoms with Crippen LogP contribution in [0.4, 0.5) is 11.6 Å². The molecule has 0 unspecified atom stereocenters. The Labute approximate surface area is 224 Å². The van der Waals surface area contributed by atoms with E-state index in [1.54, 1.807) is 25.3 Å².